The Morgan fingerprint density at radius 1 is 1.42 bits per heavy atom. The minimum Gasteiger partial charge on any atom is -0.467 e. The summed E-state index contributed by atoms with van der Waals surface area (Å²) in [7, 11) is 0. The van der Waals surface area contributed by atoms with E-state index in [9.17, 15) is 4.79 Å². The first-order valence-corrected chi connectivity index (χ1v) is 8.46. The van der Waals surface area contributed by atoms with Crippen LogP contribution in [0.4, 0.5) is 0 Å². The van der Waals surface area contributed by atoms with Gasteiger partial charge >= 0.3 is 0 Å². The molecular formula is C17H24N4O3. The van der Waals surface area contributed by atoms with Crippen LogP contribution in [0.2, 0.25) is 0 Å². The third-order valence-electron chi connectivity index (χ3n) is 4.32. The fourth-order valence-electron chi connectivity index (χ4n) is 2.85. The van der Waals surface area contributed by atoms with Crippen molar-refractivity contribution >= 4 is 5.91 Å². The van der Waals surface area contributed by atoms with Crippen LogP contribution in [0.25, 0.3) is 0 Å². The van der Waals surface area contributed by atoms with E-state index in [1.54, 1.807) is 6.26 Å². The molecular weight excluding hydrogens is 308 g/mol. The van der Waals surface area contributed by atoms with Gasteiger partial charge < -0.3 is 14.3 Å². The van der Waals surface area contributed by atoms with E-state index in [1.165, 1.54) is 0 Å². The minimum absolute atomic E-state index is 0.0627. The minimum atomic E-state index is 0.0627. The summed E-state index contributed by atoms with van der Waals surface area (Å²) in [6.07, 6.45) is 3.31. The molecule has 2 aromatic rings. The highest BCUT2D eigenvalue weighted by Gasteiger charge is 2.25. The van der Waals surface area contributed by atoms with Crippen molar-refractivity contribution < 1.29 is 13.7 Å². The number of rotatable bonds is 6. The van der Waals surface area contributed by atoms with Crippen molar-refractivity contribution in [3.05, 3.63) is 35.9 Å². The fraction of sp³-hybridized carbons (Fsp3) is 0.588. The van der Waals surface area contributed by atoms with Gasteiger partial charge in [-0.1, -0.05) is 19.0 Å². The van der Waals surface area contributed by atoms with Crippen LogP contribution in [-0.2, 0) is 17.9 Å². The molecule has 0 saturated carbocycles. The van der Waals surface area contributed by atoms with Crippen LogP contribution < -0.4 is 5.32 Å². The second kappa shape index (κ2) is 7.61. The summed E-state index contributed by atoms with van der Waals surface area (Å²) < 4.78 is 10.5. The topological polar surface area (TPSA) is 84.4 Å². The van der Waals surface area contributed by atoms with Crippen LogP contribution in [0.1, 0.15) is 50.1 Å². The van der Waals surface area contributed by atoms with Crippen molar-refractivity contribution in [2.75, 3.05) is 13.1 Å². The molecule has 7 nitrogen and oxygen atoms in total. The largest absolute Gasteiger partial charge is 0.467 e. The maximum absolute atomic E-state index is 12.2. The molecule has 130 valence electrons. The number of hydrogen-bond acceptors (Lipinski definition) is 6. The highest BCUT2D eigenvalue weighted by Crippen LogP contribution is 2.19. The van der Waals surface area contributed by atoms with Crippen molar-refractivity contribution in [2.45, 2.75) is 45.7 Å². The van der Waals surface area contributed by atoms with E-state index in [-0.39, 0.29) is 17.7 Å². The number of nitrogens with one attached hydrogen (secondary N) is 1. The highest BCUT2D eigenvalue weighted by molar-refractivity contribution is 5.78. The highest BCUT2D eigenvalue weighted by atomic mass is 16.5. The Labute approximate surface area is 141 Å². The lowest BCUT2D eigenvalue weighted by Gasteiger charge is -2.30. The van der Waals surface area contributed by atoms with Crippen molar-refractivity contribution in [3.63, 3.8) is 0 Å². The quantitative estimate of drug-likeness (QED) is 0.874. The predicted molar refractivity (Wildman–Crippen MR) is 86.9 cm³/mol. The summed E-state index contributed by atoms with van der Waals surface area (Å²) in [6, 6.07) is 3.68. The van der Waals surface area contributed by atoms with Gasteiger partial charge in [0.05, 0.1) is 19.4 Å². The van der Waals surface area contributed by atoms with E-state index in [1.807, 2.05) is 26.0 Å². The van der Waals surface area contributed by atoms with Gasteiger partial charge in [-0.05, 0) is 38.1 Å². The zero-order chi connectivity index (χ0) is 16.9. The van der Waals surface area contributed by atoms with Gasteiger partial charge in [-0.25, -0.2) is 0 Å². The zero-order valence-corrected chi connectivity index (χ0v) is 14.2. The third-order valence-corrected chi connectivity index (χ3v) is 4.32. The fourth-order valence-corrected chi connectivity index (χ4v) is 2.85. The van der Waals surface area contributed by atoms with E-state index in [4.69, 9.17) is 8.94 Å². The Morgan fingerprint density at radius 2 is 2.21 bits per heavy atom. The van der Waals surface area contributed by atoms with Crippen molar-refractivity contribution in [3.8, 4) is 0 Å². The van der Waals surface area contributed by atoms with E-state index in [0.29, 0.717) is 19.0 Å². The molecule has 3 heterocycles. The van der Waals surface area contributed by atoms with Gasteiger partial charge in [-0.3, -0.25) is 9.69 Å². The van der Waals surface area contributed by atoms with E-state index in [2.05, 4.69) is 20.4 Å². The van der Waals surface area contributed by atoms with Gasteiger partial charge in [0.2, 0.25) is 11.8 Å². The lowest BCUT2D eigenvalue weighted by molar-refractivity contribution is -0.126. The Kier molecular flexibility index (Phi) is 5.30. The molecule has 0 aliphatic carbocycles. The summed E-state index contributed by atoms with van der Waals surface area (Å²) in [6.45, 7) is 6.92. The molecule has 1 aliphatic rings. The number of nitrogens with zero attached hydrogens (tertiary/aromatic N) is 3. The van der Waals surface area contributed by atoms with Crippen molar-refractivity contribution in [1.29, 1.82) is 0 Å². The molecule has 0 atom stereocenters. The molecule has 0 aromatic carbocycles. The van der Waals surface area contributed by atoms with Crippen LogP contribution in [0.3, 0.4) is 0 Å². The Morgan fingerprint density at radius 3 is 2.83 bits per heavy atom. The van der Waals surface area contributed by atoms with E-state index in [0.717, 1.165) is 37.5 Å². The Balaban J connectivity index is 1.42. The molecule has 1 amide bonds. The van der Waals surface area contributed by atoms with Gasteiger partial charge in [-0.2, -0.15) is 4.98 Å². The summed E-state index contributed by atoms with van der Waals surface area (Å²) >= 11 is 0. The normalized spacial score (nSPS) is 16.6. The summed E-state index contributed by atoms with van der Waals surface area (Å²) in [5, 5.41) is 6.97. The molecule has 0 spiro atoms. The average molecular weight is 332 g/mol. The number of likely N-dealkylation sites (tertiary alicyclic amines) is 1. The molecule has 1 fully saturated rings. The molecule has 24 heavy (non-hydrogen) atoms. The number of furan rings is 1. The molecule has 1 N–H and O–H groups in total. The maximum atomic E-state index is 12.2. The van der Waals surface area contributed by atoms with Gasteiger partial charge in [-0.15, -0.1) is 0 Å². The smallest absolute Gasteiger partial charge is 0.229 e. The third kappa shape index (κ3) is 4.23. The molecule has 1 saturated heterocycles. The number of amides is 1. The molecule has 0 bridgehead atoms. The van der Waals surface area contributed by atoms with Gasteiger partial charge in [0, 0.05) is 11.8 Å². The molecule has 1 aliphatic heterocycles. The standard InChI is InChI=1S/C17H24N4O3/c1-12(2)17-19-15(20-24-17)11-21-7-5-13(6-8-21)16(22)18-10-14-4-3-9-23-14/h3-4,9,12-13H,5-8,10-11H2,1-2H3,(H,18,22). The number of aromatic nitrogens is 2. The van der Waals surface area contributed by atoms with E-state index >= 15 is 0 Å². The van der Waals surface area contributed by atoms with E-state index < -0.39 is 0 Å². The molecule has 0 radical (unpaired) electrons. The van der Waals surface area contributed by atoms with Crippen LogP contribution >= 0.6 is 0 Å². The van der Waals surface area contributed by atoms with Crippen LogP contribution in [0, 0.1) is 5.92 Å². The lowest BCUT2D eigenvalue weighted by atomic mass is 9.96. The van der Waals surface area contributed by atoms with Crippen LogP contribution in [0.5, 0.6) is 0 Å². The monoisotopic (exact) mass is 332 g/mol. The second-order valence-electron chi connectivity index (χ2n) is 6.55. The number of carbonyl (C=O) groups is 1. The SMILES string of the molecule is CC(C)c1nc(CN2CCC(C(=O)NCc3ccco3)CC2)no1. The summed E-state index contributed by atoms with van der Waals surface area (Å²) in [5.74, 6) is 2.59. The second-order valence-corrected chi connectivity index (χ2v) is 6.55. The predicted octanol–water partition coefficient (Wildman–Crippen LogP) is 2.31. The van der Waals surface area contributed by atoms with Crippen LogP contribution in [-0.4, -0.2) is 34.0 Å². The number of hydrogen-bond donors (Lipinski definition) is 1. The first-order chi connectivity index (χ1) is 11.6. The van der Waals surface area contributed by atoms with Gasteiger partial charge in [0.1, 0.15) is 5.76 Å². The molecule has 0 unspecified atom stereocenters. The molecule has 3 rings (SSSR count). The Bertz CT molecular complexity index is 643. The molecule has 2 aromatic heterocycles. The maximum Gasteiger partial charge on any atom is 0.229 e. The Hall–Kier alpha value is -2.15. The summed E-state index contributed by atoms with van der Waals surface area (Å²) in [4.78, 5) is 18.9. The number of carbonyl (C=O) groups excluding carboxylic acids is 1. The first kappa shape index (κ1) is 16.7. The van der Waals surface area contributed by atoms with Crippen molar-refractivity contribution in [1.82, 2.24) is 20.4 Å². The average Bonchev–Trinajstić information content (AvgIpc) is 3.25. The van der Waals surface area contributed by atoms with Crippen molar-refractivity contribution in [2.24, 2.45) is 5.92 Å². The lowest BCUT2D eigenvalue weighted by Crippen LogP contribution is -2.40. The zero-order valence-electron chi connectivity index (χ0n) is 14.2. The number of piperidine rings is 1. The molecule has 7 heteroatoms. The van der Waals surface area contributed by atoms with Gasteiger partial charge in [0.25, 0.3) is 0 Å². The van der Waals surface area contributed by atoms with Crippen LogP contribution in [0.15, 0.2) is 27.3 Å². The summed E-state index contributed by atoms with van der Waals surface area (Å²) in [5.41, 5.74) is 0. The van der Waals surface area contributed by atoms with Gasteiger partial charge in [0.15, 0.2) is 5.82 Å². The first-order valence-electron chi connectivity index (χ1n) is 8.46.